The molecule has 0 radical (unpaired) electrons. The number of benzene rings is 1. The minimum Gasteiger partial charge on any atom is -0.329 e. The summed E-state index contributed by atoms with van der Waals surface area (Å²) in [7, 11) is 0. The number of hydrogen-bond donors (Lipinski definition) is 1. The van der Waals surface area contributed by atoms with Crippen LogP contribution in [0.4, 0.5) is 4.39 Å². The fraction of sp³-hybridized carbons (Fsp3) is 0.231. The van der Waals surface area contributed by atoms with Gasteiger partial charge in [0.2, 0.25) is 0 Å². The molecule has 0 unspecified atom stereocenters. The van der Waals surface area contributed by atoms with E-state index in [1.165, 1.54) is 29.0 Å². The maximum Gasteiger partial charge on any atom is 0.331 e. The fourth-order valence-electron chi connectivity index (χ4n) is 1.80. The smallest absolute Gasteiger partial charge is 0.329 e. The Bertz CT molecular complexity index is 674. The zero-order valence-electron chi connectivity index (χ0n) is 10.3. The molecular formula is C13H14FN3O2. The monoisotopic (exact) mass is 263 g/mol. The van der Waals surface area contributed by atoms with Crippen molar-refractivity contribution in [3.8, 4) is 0 Å². The van der Waals surface area contributed by atoms with Crippen LogP contribution in [0.2, 0.25) is 0 Å². The third kappa shape index (κ3) is 2.97. The summed E-state index contributed by atoms with van der Waals surface area (Å²) >= 11 is 0. The molecular weight excluding hydrogens is 249 g/mol. The summed E-state index contributed by atoms with van der Waals surface area (Å²) in [4.78, 5) is 23.6. The van der Waals surface area contributed by atoms with Gasteiger partial charge in [-0.1, -0.05) is 12.1 Å². The molecule has 0 amide bonds. The van der Waals surface area contributed by atoms with E-state index in [4.69, 9.17) is 5.73 Å². The highest BCUT2D eigenvalue weighted by molar-refractivity contribution is 5.16. The molecule has 0 spiro atoms. The van der Waals surface area contributed by atoms with E-state index in [0.29, 0.717) is 0 Å². The highest BCUT2D eigenvalue weighted by Crippen LogP contribution is 2.03. The predicted molar refractivity (Wildman–Crippen MR) is 69.5 cm³/mol. The molecule has 6 heteroatoms. The van der Waals surface area contributed by atoms with E-state index in [1.807, 2.05) is 0 Å². The number of aromatic nitrogens is 2. The Kier molecular flexibility index (Phi) is 3.91. The lowest BCUT2D eigenvalue weighted by Gasteiger charge is -2.09. The van der Waals surface area contributed by atoms with Crippen molar-refractivity contribution in [1.82, 2.24) is 9.13 Å². The lowest BCUT2D eigenvalue weighted by Crippen LogP contribution is -2.40. The molecule has 0 aliphatic rings. The summed E-state index contributed by atoms with van der Waals surface area (Å²) in [6.45, 7) is 0.682. The number of nitrogens with two attached hydrogens (primary N) is 1. The van der Waals surface area contributed by atoms with Gasteiger partial charge in [0.05, 0.1) is 6.54 Å². The molecule has 0 fully saturated rings. The van der Waals surface area contributed by atoms with Crippen LogP contribution in [0.1, 0.15) is 5.56 Å². The van der Waals surface area contributed by atoms with Gasteiger partial charge in [0, 0.05) is 25.4 Å². The quantitative estimate of drug-likeness (QED) is 0.854. The largest absolute Gasteiger partial charge is 0.331 e. The Hall–Kier alpha value is -2.21. The average molecular weight is 263 g/mol. The Morgan fingerprint density at radius 2 is 1.79 bits per heavy atom. The third-order valence-corrected chi connectivity index (χ3v) is 2.76. The van der Waals surface area contributed by atoms with Crippen molar-refractivity contribution in [1.29, 1.82) is 0 Å². The molecule has 1 heterocycles. The van der Waals surface area contributed by atoms with E-state index in [2.05, 4.69) is 0 Å². The minimum atomic E-state index is -0.415. The van der Waals surface area contributed by atoms with Crippen molar-refractivity contribution in [2.45, 2.75) is 13.1 Å². The molecule has 0 aliphatic heterocycles. The van der Waals surface area contributed by atoms with Gasteiger partial charge in [-0.2, -0.15) is 0 Å². The molecule has 2 rings (SSSR count). The maximum absolute atomic E-state index is 12.8. The number of hydrogen-bond acceptors (Lipinski definition) is 3. The molecule has 2 N–H and O–H groups in total. The number of rotatable bonds is 4. The number of halogens is 1. The summed E-state index contributed by atoms with van der Waals surface area (Å²) in [6, 6.07) is 7.17. The Morgan fingerprint density at radius 3 is 2.42 bits per heavy atom. The molecule has 19 heavy (non-hydrogen) atoms. The van der Waals surface area contributed by atoms with E-state index in [1.54, 1.807) is 12.1 Å². The Morgan fingerprint density at radius 1 is 1.11 bits per heavy atom. The first kappa shape index (κ1) is 13.2. The van der Waals surface area contributed by atoms with Crippen LogP contribution in [-0.2, 0) is 13.1 Å². The predicted octanol–water partition coefficient (Wildman–Crippen LogP) is 0.156. The fourth-order valence-corrected chi connectivity index (χ4v) is 1.80. The minimum absolute atomic E-state index is 0.182. The molecule has 0 aliphatic carbocycles. The van der Waals surface area contributed by atoms with Crippen molar-refractivity contribution in [3.05, 3.63) is 68.7 Å². The third-order valence-electron chi connectivity index (χ3n) is 2.76. The van der Waals surface area contributed by atoms with Crippen LogP contribution in [-0.4, -0.2) is 15.7 Å². The van der Waals surface area contributed by atoms with E-state index in [9.17, 15) is 14.0 Å². The van der Waals surface area contributed by atoms with Crippen molar-refractivity contribution in [3.63, 3.8) is 0 Å². The summed E-state index contributed by atoms with van der Waals surface area (Å²) in [6.07, 6.45) is 1.43. The standard InChI is InChI=1S/C13H14FN3O2/c14-11-3-1-10(2-4-11)9-16-7-5-12(18)17(8-6-15)13(16)19/h1-5,7H,6,8-9,15H2. The van der Waals surface area contributed by atoms with Gasteiger partial charge in [-0.3, -0.25) is 13.9 Å². The second-order valence-corrected chi connectivity index (χ2v) is 4.13. The molecule has 2 aromatic rings. The summed E-state index contributed by atoms with van der Waals surface area (Å²) in [5.74, 6) is -0.329. The van der Waals surface area contributed by atoms with Crippen LogP contribution < -0.4 is 17.0 Å². The van der Waals surface area contributed by atoms with E-state index in [0.717, 1.165) is 10.1 Å². The second-order valence-electron chi connectivity index (χ2n) is 4.13. The van der Waals surface area contributed by atoms with Crippen LogP contribution in [0.25, 0.3) is 0 Å². The molecule has 0 saturated heterocycles. The summed E-state index contributed by atoms with van der Waals surface area (Å²) < 4.78 is 15.3. The van der Waals surface area contributed by atoms with E-state index < -0.39 is 5.69 Å². The molecule has 1 aromatic carbocycles. The first-order chi connectivity index (χ1) is 9.11. The summed E-state index contributed by atoms with van der Waals surface area (Å²) in [5.41, 5.74) is 5.36. The lowest BCUT2D eigenvalue weighted by molar-refractivity contribution is 0.578. The summed E-state index contributed by atoms with van der Waals surface area (Å²) in [5, 5.41) is 0. The van der Waals surface area contributed by atoms with Crippen LogP contribution >= 0.6 is 0 Å². The highest BCUT2D eigenvalue weighted by Gasteiger charge is 2.05. The molecule has 0 atom stereocenters. The molecule has 0 saturated carbocycles. The SMILES string of the molecule is NCCn1c(=O)ccn(Cc2ccc(F)cc2)c1=O. The van der Waals surface area contributed by atoms with Crippen LogP contribution in [0.5, 0.6) is 0 Å². The first-order valence-corrected chi connectivity index (χ1v) is 5.86. The molecule has 100 valence electrons. The second kappa shape index (κ2) is 5.62. The van der Waals surface area contributed by atoms with Gasteiger partial charge in [0.15, 0.2) is 0 Å². The van der Waals surface area contributed by atoms with Crippen LogP contribution in [0, 0.1) is 5.82 Å². The van der Waals surface area contributed by atoms with Gasteiger partial charge in [0.1, 0.15) is 5.82 Å². The van der Waals surface area contributed by atoms with Gasteiger partial charge in [-0.25, -0.2) is 9.18 Å². The van der Waals surface area contributed by atoms with Gasteiger partial charge in [-0.05, 0) is 17.7 Å². The molecule has 5 nitrogen and oxygen atoms in total. The zero-order chi connectivity index (χ0) is 13.8. The van der Waals surface area contributed by atoms with Crippen molar-refractivity contribution in [2.24, 2.45) is 5.73 Å². The normalized spacial score (nSPS) is 10.6. The number of nitrogens with zero attached hydrogens (tertiary/aromatic N) is 2. The van der Waals surface area contributed by atoms with Gasteiger partial charge >= 0.3 is 5.69 Å². The average Bonchev–Trinajstić information content (AvgIpc) is 2.40. The van der Waals surface area contributed by atoms with Gasteiger partial charge in [-0.15, -0.1) is 0 Å². The maximum atomic E-state index is 12.8. The van der Waals surface area contributed by atoms with Crippen LogP contribution in [0.3, 0.4) is 0 Å². The molecule has 0 bridgehead atoms. The van der Waals surface area contributed by atoms with Crippen molar-refractivity contribution < 1.29 is 4.39 Å². The Labute approximate surface area is 108 Å². The molecule has 1 aromatic heterocycles. The van der Waals surface area contributed by atoms with E-state index >= 15 is 0 Å². The zero-order valence-corrected chi connectivity index (χ0v) is 10.3. The first-order valence-electron chi connectivity index (χ1n) is 5.86. The van der Waals surface area contributed by atoms with Crippen molar-refractivity contribution >= 4 is 0 Å². The van der Waals surface area contributed by atoms with Crippen molar-refractivity contribution in [2.75, 3.05) is 6.54 Å². The highest BCUT2D eigenvalue weighted by atomic mass is 19.1. The topological polar surface area (TPSA) is 70.0 Å². The Balaban J connectivity index is 2.36. The van der Waals surface area contributed by atoms with Gasteiger partial charge in [0.25, 0.3) is 5.56 Å². The van der Waals surface area contributed by atoms with Crippen LogP contribution in [0.15, 0.2) is 46.1 Å². The van der Waals surface area contributed by atoms with E-state index in [-0.39, 0.29) is 31.0 Å². The van der Waals surface area contributed by atoms with Gasteiger partial charge < -0.3 is 5.73 Å². The lowest BCUT2D eigenvalue weighted by atomic mass is 10.2.